The predicted octanol–water partition coefficient (Wildman–Crippen LogP) is 5.62. The third kappa shape index (κ3) is 4.48. The minimum absolute atomic E-state index is 0.359. The number of rotatable bonds is 7. The van der Waals surface area contributed by atoms with Gasteiger partial charge < -0.3 is 0 Å². The van der Waals surface area contributed by atoms with E-state index in [0.717, 1.165) is 46.9 Å². The molecule has 0 aliphatic carbocycles. The molecule has 174 valence electrons. The molecule has 0 saturated heterocycles. The van der Waals surface area contributed by atoms with Crippen molar-refractivity contribution in [3.63, 3.8) is 0 Å². The number of aromatic nitrogens is 5. The van der Waals surface area contributed by atoms with Crippen molar-refractivity contribution in [1.82, 2.24) is 24.6 Å². The van der Waals surface area contributed by atoms with E-state index < -0.39 is 0 Å². The van der Waals surface area contributed by atoms with E-state index in [1.54, 1.807) is 18.7 Å². The van der Waals surface area contributed by atoms with Crippen LogP contribution in [0.3, 0.4) is 0 Å². The van der Waals surface area contributed by atoms with Gasteiger partial charge in [-0.3, -0.25) is 0 Å². The molecule has 0 saturated carbocycles. The van der Waals surface area contributed by atoms with E-state index in [1.807, 2.05) is 22.6 Å². The van der Waals surface area contributed by atoms with Crippen molar-refractivity contribution in [1.29, 1.82) is 0 Å². The standard InChI is InChI=1S/C29H23AsN6/c30-25(16-20-6-2-1-3-7-20)18-32-29-34-27(22-12-14-31-15-13-22)26(28-35-33-19-36(28)29)24-11-10-21-8-4-5-9-23(21)17-24/h1-15,17,19,25H,16,18H2,(H,32,34)/t25-/m0/s1. The fourth-order valence-electron chi connectivity index (χ4n) is 4.50. The summed E-state index contributed by atoms with van der Waals surface area (Å²) < 4.78 is 2.30. The first kappa shape index (κ1) is 22.4. The number of fused-ring (bicyclic) bond motifs is 2. The molecule has 1 N–H and O–H groups in total. The van der Waals surface area contributed by atoms with Crippen LogP contribution in [0.2, 0.25) is 4.71 Å². The van der Waals surface area contributed by atoms with E-state index in [9.17, 15) is 0 Å². The van der Waals surface area contributed by atoms with Crippen LogP contribution in [-0.2, 0) is 6.42 Å². The van der Waals surface area contributed by atoms with Gasteiger partial charge in [0.2, 0.25) is 0 Å². The zero-order valence-electron chi connectivity index (χ0n) is 19.5. The van der Waals surface area contributed by atoms with Crippen LogP contribution in [0.5, 0.6) is 0 Å². The molecule has 3 aromatic heterocycles. The van der Waals surface area contributed by atoms with E-state index in [2.05, 4.69) is 104 Å². The summed E-state index contributed by atoms with van der Waals surface area (Å²) in [5, 5.41) is 14.7. The molecule has 0 spiro atoms. The first-order valence-electron chi connectivity index (χ1n) is 11.9. The van der Waals surface area contributed by atoms with Crippen LogP contribution < -0.4 is 5.32 Å². The third-order valence-corrected chi connectivity index (χ3v) is 7.02. The van der Waals surface area contributed by atoms with Crippen molar-refractivity contribution in [2.24, 2.45) is 0 Å². The van der Waals surface area contributed by atoms with Gasteiger partial charge in [0.25, 0.3) is 0 Å². The monoisotopic (exact) mass is 530 g/mol. The van der Waals surface area contributed by atoms with Crippen molar-refractivity contribution in [2.75, 3.05) is 11.9 Å². The SMILES string of the molecule is [As][C@H](CNc1nc(-c2ccncc2)c(-c2ccc3ccccc3c2)c2nncn12)Cc1ccccc1. The van der Waals surface area contributed by atoms with Crippen LogP contribution in [-0.4, -0.2) is 48.0 Å². The Morgan fingerprint density at radius 2 is 1.61 bits per heavy atom. The van der Waals surface area contributed by atoms with Gasteiger partial charge in [-0.15, -0.1) is 0 Å². The summed E-state index contributed by atoms with van der Waals surface area (Å²) in [5.74, 6) is 0.718. The number of nitrogens with one attached hydrogen (secondary N) is 1. The van der Waals surface area contributed by atoms with Crippen LogP contribution in [0.4, 0.5) is 5.95 Å². The Labute approximate surface area is 218 Å². The van der Waals surface area contributed by atoms with E-state index in [-0.39, 0.29) is 0 Å². The molecule has 0 fully saturated rings. The fourth-order valence-corrected chi connectivity index (χ4v) is 5.14. The minimum atomic E-state index is 0.359. The summed E-state index contributed by atoms with van der Waals surface area (Å²) in [7, 11) is 0. The van der Waals surface area contributed by atoms with E-state index in [1.165, 1.54) is 16.3 Å². The summed E-state index contributed by atoms with van der Waals surface area (Å²) in [6.07, 6.45) is 6.28. The van der Waals surface area contributed by atoms with E-state index >= 15 is 0 Å². The Balaban J connectivity index is 1.43. The quantitative estimate of drug-likeness (QED) is 0.272. The van der Waals surface area contributed by atoms with Gasteiger partial charge in [-0.05, 0) is 0 Å². The van der Waals surface area contributed by atoms with Gasteiger partial charge in [-0.2, -0.15) is 0 Å². The van der Waals surface area contributed by atoms with E-state index in [4.69, 9.17) is 4.98 Å². The van der Waals surface area contributed by atoms with Crippen molar-refractivity contribution < 1.29 is 0 Å². The average Bonchev–Trinajstić information content (AvgIpc) is 3.42. The normalized spacial score (nSPS) is 12.1. The Hall–Kier alpha value is -4.02. The summed E-state index contributed by atoms with van der Waals surface area (Å²) in [6, 6.07) is 29.3. The van der Waals surface area contributed by atoms with Gasteiger partial charge in [0.1, 0.15) is 0 Å². The van der Waals surface area contributed by atoms with Crippen molar-refractivity contribution in [2.45, 2.75) is 11.1 Å². The van der Waals surface area contributed by atoms with Gasteiger partial charge in [0.05, 0.1) is 0 Å². The number of anilines is 1. The molecule has 0 aliphatic rings. The number of hydrogen-bond donors (Lipinski definition) is 1. The average molecular weight is 530 g/mol. The van der Waals surface area contributed by atoms with Gasteiger partial charge >= 0.3 is 212 Å². The molecular formula is C29H23AsN6. The summed E-state index contributed by atoms with van der Waals surface area (Å²) >= 11 is 2.77. The maximum absolute atomic E-state index is 5.12. The molecule has 7 heteroatoms. The zero-order valence-corrected chi connectivity index (χ0v) is 21.4. The van der Waals surface area contributed by atoms with Gasteiger partial charge in [-0.25, -0.2) is 0 Å². The van der Waals surface area contributed by atoms with E-state index in [0.29, 0.717) is 4.71 Å². The second-order valence-corrected chi connectivity index (χ2v) is 10.2. The predicted molar refractivity (Wildman–Crippen MR) is 145 cm³/mol. The van der Waals surface area contributed by atoms with Crippen LogP contribution in [0.1, 0.15) is 5.56 Å². The third-order valence-electron chi connectivity index (χ3n) is 6.26. The topological polar surface area (TPSA) is 68.0 Å². The van der Waals surface area contributed by atoms with Crippen molar-refractivity contribution >= 4 is 39.2 Å². The zero-order chi connectivity index (χ0) is 24.3. The van der Waals surface area contributed by atoms with Crippen LogP contribution in [0, 0.1) is 0 Å². The summed E-state index contributed by atoms with van der Waals surface area (Å²) in [5.41, 5.74) is 5.90. The second kappa shape index (κ2) is 9.92. The Kier molecular flexibility index (Phi) is 6.18. The summed E-state index contributed by atoms with van der Waals surface area (Å²) in [6.45, 7) is 0.750. The molecular weight excluding hydrogens is 507 g/mol. The Morgan fingerprint density at radius 1 is 0.833 bits per heavy atom. The molecule has 0 aliphatic heterocycles. The first-order valence-corrected chi connectivity index (χ1v) is 12.9. The van der Waals surface area contributed by atoms with Crippen LogP contribution in [0.15, 0.2) is 104 Å². The van der Waals surface area contributed by atoms with Crippen LogP contribution >= 0.6 is 0 Å². The van der Waals surface area contributed by atoms with Crippen molar-refractivity contribution in [3.05, 3.63) is 109 Å². The fraction of sp³-hybridized carbons (Fsp3) is 0.103. The molecule has 2 radical (unpaired) electrons. The molecule has 36 heavy (non-hydrogen) atoms. The van der Waals surface area contributed by atoms with Gasteiger partial charge in [0, 0.05) is 0 Å². The molecule has 6 rings (SSSR count). The molecule has 3 aromatic carbocycles. The molecule has 0 unspecified atom stereocenters. The molecule has 1 atom stereocenters. The number of nitrogens with zero attached hydrogens (tertiary/aromatic N) is 5. The van der Waals surface area contributed by atoms with Gasteiger partial charge in [0.15, 0.2) is 0 Å². The Bertz CT molecular complexity index is 1630. The summed E-state index contributed by atoms with van der Waals surface area (Å²) in [4.78, 5) is 9.33. The first-order chi connectivity index (χ1) is 17.8. The second-order valence-electron chi connectivity index (χ2n) is 8.71. The molecule has 0 amide bonds. The number of benzene rings is 3. The molecule has 6 nitrogen and oxygen atoms in total. The maximum atomic E-state index is 5.12. The molecule has 3 heterocycles. The molecule has 0 bridgehead atoms. The number of hydrogen-bond acceptors (Lipinski definition) is 5. The number of pyridine rings is 1. The Morgan fingerprint density at radius 3 is 2.44 bits per heavy atom. The van der Waals surface area contributed by atoms with Crippen molar-refractivity contribution in [3.8, 4) is 22.4 Å². The van der Waals surface area contributed by atoms with Crippen LogP contribution in [0.25, 0.3) is 38.8 Å². The van der Waals surface area contributed by atoms with Gasteiger partial charge in [-0.1, -0.05) is 6.07 Å². The molecule has 6 aromatic rings.